The van der Waals surface area contributed by atoms with E-state index < -0.39 is 0 Å². The van der Waals surface area contributed by atoms with E-state index in [4.69, 9.17) is 4.98 Å². The molecule has 0 amide bonds. The predicted molar refractivity (Wildman–Crippen MR) is 91.0 cm³/mol. The molecule has 1 heterocycles. The van der Waals surface area contributed by atoms with Crippen molar-refractivity contribution in [3.8, 4) is 11.3 Å². The number of rotatable bonds is 7. The molecule has 3 rings (SSSR count). The molecule has 1 aromatic carbocycles. The molecule has 0 saturated heterocycles. The molecule has 3 nitrogen and oxygen atoms in total. The van der Waals surface area contributed by atoms with Crippen molar-refractivity contribution in [1.29, 1.82) is 0 Å². The molecule has 112 valence electrons. The van der Waals surface area contributed by atoms with Crippen LogP contribution in [0.3, 0.4) is 0 Å². The fraction of sp³-hybridized carbons (Fsp3) is 0.471. The summed E-state index contributed by atoms with van der Waals surface area (Å²) in [5.74, 6) is 0. The Morgan fingerprint density at radius 2 is 1.90 bits per heavy atom. The molecule has 0 radical (unpaired) electrons. The third-order valence-electron chi connectivity index (χ3n) is 3.90. The van der Waals surface area contributed by atoms with Gasteiger partial charge in [0.05, 0.1) is 5.69 Å². The predicted octanol–water partition coefficient (Wildman–Crippen LogP) is 3.91. The molecule has 1 aromatic heterocycles. The maximum atomic E-state index is 4.93. The first-order valence-electron chi connectivity index (χ1n) is 7.85. The lowest BCUT2D eigenvalue weighted by molar-refractivity contribution is 0.695. The van der Waals surface area contributed by atoms with Gasteiger partial charge in [0, 0.05) is 36.1 Å². The van der Waals surface area contributed by atoms with Gasteiger partial charge >= 0.3 is 0 Å². The van der Waals surface area contributed by atoms with Gasteiger partial charge in [-0.15, -0.1) is 0 Å². The zero-order chi connectivity index (χ0) is 14.7. The van der Waals surface area contributed by atoms with Crippen LogP contribution in [-0.4, -0.2) is 24.1 Å². The van der Waals surface area contributed by atoms with Gasteiger partial charge in [-0.3, -0.25) is 0 Å². The lowest BCUT2D eigenvalue weighted by Crippen LogP contribution is -2.21. The lowest BCUT2D eigenvalue weighted by Gasteiger charge is -2.16. The molecular weight excluding hydrogens is 278 g/mol. The highest BCUT2D eigenvalue weighted by Crippen LogP contribution is 2.33. The molecule has 0 aliphatic heterocycles. The third-order valence-corrected chi connectivity index (χ3v) is 5.01. The van der Waals surface area contributed by atoms with Crippen LogP contribution in [-0.2, 0) is 6.54 Å². The van der Waals surface area contributed by atoms with Gasteiger partial charge in [-0.25, -0.2) is 4.98 Å². The third kappa shape index (κ3) is 3.44. The summed E-state index contributed by atoms with van der Waals surface area (Å²) in [7, 11) is 0. The number of thiazole rings is 1. The van der Waals surface area contributed by atoms with Crippen LogP contribution in [0, 0.1) is 0 Å². The van der Waals surface area contributed by atoms with Crippen molar-refractivity contribution in [2.45, 2.75) is 39.3 Å². The minimum Gasteiger partial charge on any atom is -0.349 e. The molecule has 0 spiro atoms. The Morgan fingerprint density at radius 1 is 1.19 bits per heavy atom. The fourth-order valence-electron chi connectivity index (χ4n) is 2.43. The van der Waals surface area contributed by atoms with Crippen LogP contribution < -0.4 is 10.2 Å². The Labute approximate surface area is 131 Å². The average molecular weight is 301 g/mol. The number of aromatic nitrogens is 1. The first-order valence-corrected chi connectivity index (χ1v) is 8.67. The van der Waals surface area contributed by atoms with E-state index in [-0.39, 0.29) is 0 Å². The maximum Gasteiger partial charge on any atom is 0.186 e. The number of anilines is 1. The van der Waals surface area contributed by atoms with E-state index in [9.17, 15) is 0 Å². The maximum absolute atomic E-state index is 4.93. The molecule has 1 N–H and O–H groups in total. The van der Waals surface area contributed by atoms with Crippen LogP contribution in [0.5, 0.6) is 0 Å². The number of hydrogen-bond acceptors (Lipinski definition) is 4. The smallest absolute Gasteiger partial charge is 0.186 e. The van der Waals surface area contributed by atoms with E-state index in [0.717, 1.165) is 36.5 Å². The summed E-state index contributed by atoms with van der Waals surface area (Å²) in [4.78, 5) is 8.61. The number of benzene rings is 1. The first-order chi connectivity index (χ1) is 10.3. The van der Waals surface area contributed by atoms with Crippen LogP contribution in [0.15, 0.2) is 30.3 Å². The second-order valence-corrected chi connectivity index (χ2v) is 6.52. The first kappa shape index (κ1) is 14.5. The van der Waals surface area contributed by atoms with Crippen molar-refractivity contribution in [1.82, 2.24) is 10.3 Å². The minimum atomic E-state index is 0.729. The Kier molecular flexibility index (Phi) is 4.56. The molecule has 0 unspecified atom stereocenters. The Bertz CT molecular complexity index is 571. The van der Waals surface area contributed by atoms with E-state index in [1.807, 2.05) is 11.3 Å². The highest BCUT2D eigenvalue weighted by Gasteiger charge is 2.22. The van der Waals surface area contributed by atoms with Crippen LogP contribution in [0.4, 0.5) is 5.13 Å². The van der Waals surface area contributed by atoms with Gasteiger partial charge in [0.25, 0.3) is 0 Å². The summed E-state index contributed by atoms with van der Waals surface area (Å²) in [5.41, 5.74) is 2.37. The highest BCUT2D eigenvalue weighted by atomic mass is 32.1. The summed E-state index contributed by atoms with van der Waals surface area (Å²) in [6, 6.07) is 11.3. The van der Waals surface area contributed by atoms with Gasteiger partial charge in [0.15, 0.2) is 5.13 Å². The quantitative estimate of drug-likeness (QED) is 0.840. The number of nitrogens with zero attached hydrogens (tertiary/aromatic N) is 2. The number of nitrogens with one attached hydrogen (secondary N) is 1. The van der Waals surface area contributed by atoms with Crippen molar-refractivity contribution in [3.63, 3.8) is 0 Å². The summed E-state index contributed by atoms with van der Waals surface area (Å²) >= 11 is 1.83. The second kappa shape index (κ2) is 6.58. The monoisotopic (exact) mass is 301 g/mol. The Balaban J connectivity index is 1.90. The largest absolute Gasteiger partial charge is 0.349 e. The number of hydrogen-bond donors (Lipinski definition) is 1. The van der Waals surface area contributed by atoms with Gasteiger partial charge in [0.1, 0.15) is 0 Å². The van der Waals surface area contributed by atoms with Crippen LogP contribution in [0.1, 0.15) is 31.6 Å². The SMILES string of the molecule is CCN(CC)c1nc(-c2ccccc2)c(CNC2CC2)s1. The van der Waals surface area contributed by atoms with Crippen LogP contribution in [0.25, 0.3) is 11.3 Å². The van der Waals surface area contributed by atoms with Crippen molar-refractivity contribution in [2.75, 3.05) is 18.0 Å². The van der Waals surface area contributed by atoms with E-state index in [0.29, 0.717) is 0 Å². The van der Waals surface area contributed by atoms with Crippen LogP contribution >= 0.6 is 11.3 Å². The lowest BCUT2D eigenvalue weighted by atomic mass is 10.1. The zero-order valence-corrected chi connectivity index (χ0v) is 13.6. The van der Waals surface area contributed by atoms with E-state index in [2.05, 4.69) is 54.4 Å². The fourth-order valence-corrected chi connectivity index (χ4v) is 3.59. The van der Waals surface area contributed by atoms with Gasteiger partial charge in [-0.2, -0.15) is 0 Å². The van der Waals surface area contributed by atoms with Gasteiger partial charge in [-0.1, -0.05) is 41.7 Å². The standard InChI is InChI=1S/C17H23N3S/c1-3-20(4-2)17-19-16(13-8-6-5-7-9-13)15(21-17)12-18-14-10-11-14/h5-9,14,18H,3-4,10-12H2,1-2H3. The topological polar surface area (TPSA) is 28.2 Å². The van der Waals surface area contributed by atoms with E-state index in [1.165, 1.54) is 23.3 Å². The summed E-state index contributed by atoms with van der Waals surface area (Å²) in [6.07, 6.45) is 2.64. The molecule has 1 aliphatic rings. The molecule has 0 bridgehead atoms. The van der Waals surface area contributed by atoms with E-state index in [1.54, 1.807) is 0 Å². The van der Waals surface area contributed by atoms with Gasteiger partial charge in [0.2, 0.25) is 0 Å². The van der Waals surface area contributed by atoms with Crippen LogP contribution in [0.2, 0.25) is 0 Å². The highest BCUT2D eigenvalue weighted by molar-refractivity contribution is 7.16. The second-order valence-electron chi connectivity index (χ2n) is 5.46. The molecule has 1 saturated carbocycles. The molecule has 1 aliphatic carbocycles. The summed E-state index contributed by atoms with van der Waals surface area (Å²) in [5, 5.41) is 4.77. The van der Waals surface area contributed by atoms with Gasteiger partial charge < -0.3 is 10.2 Å². The summed E-state index contributed by atoms with van der Waals surface area (Å²) in [6.45, 7) is 7.33. The molecule has 4 heteroatoms. The van der Waals surface area contributed by atoms with Crippen molar-refractivity contribution in [2.24, 2.45) is 0 Å². The molecule has 21 heavy (non-hydrogen) atoms. The molecule has 2 aromatic rings. The Morgan fingerprint density at radius 3 is 2.52 bits per heavy atom. The molecule has 1 fully saturated rings. The zero-order valence-electron chi connectivity index (χ0n) is 12.8. The molecular formula is C17H23N3S. The van der Waals surface area contributed by atoms with Crippen molar-refractivity contribution in [3.05, 3.63) is 35.2 Å². The molecule has 0 atom stereocenters. The van der Waals surface area contributed by atoms with Crippen molar-refractivity contribution < 1.29 is 0 Å². The Hall–Kier alpha value is -1.39. The van der Waals surface area contributed by atoms with Gasteiger partial charge in [-0.05, 0) is 26.7 Å². The van der Waals surface area contributed by atoms with E-state index >= 15 is 0 Å². The van der Waals surface area contributed by atoms with Crippen molar-refractivity contribution >= 4 is 16.5 Å². The average Bonchev–Trinajstić information content (AvgIpc) is 3.27. The minimum absolute atomic E-state index is 0.729. The normalized spacial score (nSPS) is 14.4. The summed E-state index contributed by atoms with van der Waals surface area (Å²) < 4.78 is 0.